The maximum Gasteiger partial charge on any atom is 0.332 e. The minimum atomic E-state index is -1.32. The molecule has 0 fully saturated rings. The van der Waals surface area contributed by atoms with Crippen molar-refractivity contribution in [2.45, 2.75) is 19.3 Å². The van der Waals surface area contributed by atoms with Crippen LogP contribution in [-0.2, 0) is 10.2 Å². The Morgan fingerprint density at radius 3 is 2.35 bits per heavy atom. The van der Waals surface area contributed by atoms with Gasteiger partial charge in [0.2, 0.25) is 0 Å². The molecule has 1 N–H and O–H groups in total. The van der Waals surface area contributed by atoms with E-state index in [0.717, 1.165) is 6.08 Å². The first-order chi connectivity index (χ1) is 12.0. The van der Waals surface area contributed by atoms with Crippen molar-refractivity contribution in [1.82, 2.24) is 0 Å². The Kier molecular flexibility index (Phi) is 3.89. The third kappa shape index (κ3) is 2.31. The summed E-state index contributed by atoms with van der Waals surface area (Å²) >= 11 is 12.1. The van der Waals surface area contributed by atoms with Gasteiger partial charge in [0.15, 0.2) is 5.75 Å². The molecule has 0 amide bonds. The molecule has 3 rings (SSSR count). The molecule has 2 aliphatic rings. The van der Waals surface area contributed by atoms with E-state index in [-0.39, 0.29) is 32.6 Å². The van der Waals surface area contributed by atoms with Crippen LogP contribution in [0.25, 0.3) is 0 Å². The highest BCUT2D eigenvalue weighted by Crippen LogP contribution is 2.52. The highest BCUT2D eigenvalue weighted by molar-refractivity contribution is 6.38. The van der Waals surface area contributed by atoms with Gasteiger partial charge in [-0.2, -0.15) is 0 Å². The van der Waals surface area contributed by atoms with Crippen LogP contribution in [0.4, 0.5) is 5.69 Å². The lowest BCUT2D eigenvalue weighted by Gasteiger charge is -2.34. The predicted octanol–water partition coefficient (Wildman–Crippen LogP) is 3.34. The van der Waals surface area contributed by atoms with Gasteiger partial charge in [0.25, 0.3) is 0 Å². The fraction of sp³-hybridized carbons (Fsp3) is 0.200. The maximum absolute atomic E-state index is 12.3. The molecule has 0 atom stereocenters. The van der Waals surface area contributed by atoms with Crippen LogP contribution in [0.5, 0.6) is 5.75 Å². The molecule has 1 heterocycles. The summed E-state index contributed by atoms with van der Waals surface area (Å²) in [7, 11) is 0. The van der Waals surface area contributed by atoms with Gasteiger partial charge in [-0.25, -0.2) is 4.99 Å². The average molecular weight is 398 g/mol. The first kappa shape index (κ1) is 18.0. The molecule has 1 aliphatic carbocycles. The van der Waals surface area contributed by atoms with Gasteiger partial charge in [-0.05, 0) is 6.07 Å². The molecule has 11 heteroatoms. The largest absolute Gasteiger partial charge is 0.505 e. The Hall–Kier alpha value is -2.78. The average Bonchev–Trinajstić information content (AvgIpc) is 2.51. The van der Waals surface area contributed by atoms with E-state index in [1.807, 2.05) is 0 Å². The predicted molar refractivity (Wildman–Crippen MR) is 92.4 cm³/mol. The van der Waals surface area contributed by atoms with Crippen LogP contribution in [0, 0.1) is 20.2 Å². The number of phenols is 1. The Morgan fingerprint density at radius 2 is 1.81 bits per heavy atom. The van der Waals surface area contributed by atoms with Gasteiger partial charge in [0.1, 0.15) is 0 Å². The molecular formula is C15H9Cl2N3O6. The summed E-state index contributed by atoms with van der Waals surface area (Å²) in [5.41, 5.74) is -2.94. The number of ketones is 1. The molecule has 0 saturated heterocycles. The maximum atomic E-state index is 12.3. The Labute approximate surface area is 155 Å². The van der Waals surface area contributed by atoms with E-state index in [1.54, 1.807) is 0 Å². The lowest BCUT2D eigenvalue weighted by atomic mass is 9.70. The second kappa shape index (κ2) is 5.61. The highest BCUT2D eigenvalue weighted by Gasteiger charge is 2.50. The number of carbonyl (C=O) groups is 1. The molecule has 134 valence electrons. The van der Waals surface area contributed by atoms with Crippen molar-refractivity contribution in [3.05, 3.63) is 64.9 Å². The van der Waals surface area contributed by atoms with E-state index in [1.165, 1.54) is 19.9 Å². The molecule has 0 saturated carbocycles. The number of benzene rings is 1. The molecule has 0 unspecified atom stereocenters. The van der Waals surface area contributed by atoms with E-state index < -0.39 is 38.2 Å². The minimum Gasteiger partial charge on any atom is -0.505 e. The zero-order valence-electron chi connectivity index (χ0n) is 13.2. The first-order valence-electron chi connectivity index (χ1n) is 7.09. The van der Waals surface area contributed by atoms with Crippen molar-refractivity contribution >= 4 is 40.4 Å². The van der Waals surface area contributed by atoms with E-state index >= 15 is 0 Å². The van der Waals surface area contributed by atoms with Crippen LogP contribution >= 0.6 is 23.2 Å². The Morgan fingerprint density at radius 1 is 1.19 bits per heavy atom. The molecule has 0 spiro atoms. The number of aliphatic imine (C=N–C) groups is 1. The number of carbonyl (C=O) groups excluding carboxylic acids is 1. The summed E-state index contributed by atoms with van der Waals surface area (Å²) < 4.78 is 0. The number of phenolic OH excluding ortho intramolecular Hbond substituents is 1. The van der Waals surface area contributed by atoms with Crippen LogP contribution in [0.2, 0.25) is 10.0 Å². The number of nitrogens with zero attached hydrogens (tertiary/aromatic N) is 3. The quantitative estimate of drug-likeness (QED) is 0.461. The molecule has 0 aromatic heterocycles. The summed E-state index contributed by atoms with van der Waals surface area (Å²) in [5, 5.41) is 32.4. The standard InChI is InChI=1S/C15H9Cl2N3O6/c1-15(2)9-6(3-5(16)13(21)11(9)17)18-7-4-8(19(23)24)14(22)12(10(7)15)20(25)26/h3-4,21H,1-2H3. The number of rotatable bonds is 2. The zero-order valence-corrected chi connectivity index (χ0v) is 14.8. The number of halogens is 2. The van der Waals surface area contributed by atoms with Crippen molar-refractivity contribution in [3.8, 4) is 5.75 Å². The number of aromatic hydroxyl groups is 1. The normalized spacial score (nSPS) is 17.9. The molecular weight excluding hydrogens is 389 g/mol. The molecule has 1 aromatic rings. The molecule has 9 nitrogen and oxygen atoms in total. The molecule has 26 heavy (non-hydrogen) atoms. The zero-order chi connectivity index (χ0) is 19.5. The molecule has 0 radical (unpaired) electrons. The fourth-order valence-corrected chi connectivity index (χ4v) is 3.85. The highest BCUT2D eigenvalue weighted by atomic mass is 35.5. The van der Waals surface area contributed by atoms with Crippen molar-refractivity contribution in [1.29, 1.82) is 0 Å². The summed E-state index contributed by atoms with van der Waals surface area (Å²) in [6.45, 7) is 3.08. The van der Waals surface area contributed by atoms with Crippen molar-refractivity contribution in [2.24, 2.45) is 4.99 Å². The number of Topliss-reactive ketones (excluding diaryl/α,β-unsaturated/α-hetero) is 1. The van der Waals surface area contributed by atoms with Gasteiger partial charge >= 0.3 is 17.2 Å². The molecule has 1 aromatic carbocycles. The van der Waals surface area contributed by atoms with Crippen LogP contribution in [-0.4, -0.2) is 26.4 Å². The van der Waals surface area contributed by atoms with Crippen molar-refractivity contribution in [3.63, 3.8) is 0 Å². The van der Waals surface area contributed by atoms with Gasteiger partial charge in [-0.15, -0.1) is 0 Å². The minimum absolute atomic E-state index is 0.0961. The fourth-order valence-electron chi connectivity index (χ4n) is 3.17. The van der Waals surface area contributed by atoms with Crippen LogP contribution < -0.4 is 0 Å². The van der Waals surface area contributed by atoms with Gasteiger partial charge < -0.3 is 5.11 Å². The number of allylic oxidation sites excluding steroid dienone is 2. The number of nitro groups is 2. The summed E-state index contributed by atoms with van der Waals surface area (Å²) in [4.78, 5) is 37.1. The van der Waals surface area contributed by atoms with E-state index in [9.17, 15) is 30.1 Å². The second-order valence-corrected chi connectivity index (χ2v) is 6.92. The van der Waals surface area contributed by atoms with Gasteiger partial charge in [-0.1, -0.05) is 37.0 Å². The Bertz CT molecular complexity index is 1020. The summed E-state index contributed by atoms with van der Waals surface area (Å²) in [5.74, 6) is -1.74. The topological polar surface area (TPSA) is 136 Å². The summed E-state index contributed by atoms with van der Waals surface area (Å²) in [6.07, 6.45) is 0.893. The van der Waals surface area contributed by atoms with Crippen molar-refractivity contribution in [2.75, 3.05) is 0 Å². The second-order valence-electron chi connectivity index (χ2n) is 6.13. The third-order valence-electron chi connectivity index (χ3n) is 4.26. The van der Waals surface area contributed by atoms with E-state index in [2.05, 4.69) is 4.99 Å². The van der Waals surface area contributed by atoms with Gasteiger partial charge in [0.05, 0.1) is 36.9 Å². The molecule has 1 aliphatic heterocycles. The van der Waals surface area contributed by atoms with Gasteiger partial charge in [0, 0.05) is 17.1 Å². The van der Waals surface area contributed by atoms with Crippen LogP contribution in [0.3, 0.4) is 0 Å². The SMILES string of the molecule is CC1(C)C2=C([N+](=O)[O-])C(=O)C([N+](=O)[O-])=CC2=Nc2cc(Cl)c(O)c(Cl)c21. The Balaban J connectivity index is 2.47. The smallest absolute Gasteiger partial charge is 0.332 e. The monoisotopic (exact) mass is 397 g/mol. The number of fused-ring (bicyclic) bond motifs is 2. The lowest BCUT2D eigenvalue weighted by molar-refractivity contribution is -0.434. The van der Waals surface area contributed by atoms with Crippen molar-refractivity contribution < 1.29 is 19.7 Å². The third-order valence-corrected chi connectivity index (χ3v) is 4.91. The first-order valence-corrected chi connectivity index (χ1v) is 7.84. The van der Waals surface area contributed by atoms with Crippen LogP contribution in [0.15, 0.2) is 34.1 Å². The molecule has 0 bridgehead atoms. The lowest BCUT2D eigenvalue weighted by Crippen LogP contribution is -2.37. The number of hydrogen-bond acceptors (Lipinski definition) is 7. The summed E-state index contributed by atoms with van der Waals surface area (Å²) in [6, 6.07) is 1.30. The van der Waals surface area contributed by atoms with Gasteiger partial charge in [-0.3, -0.25) is 25.0 Å². The van der Waals surface area contributed by atoms with E-state index in [4.69, 9.17) is 23.2 Å². The van der Waals surface area contributed by atoms with Crippen LogP contribution in [0.1, 0.15) is 19.4 Å². The van der Waals surface area contributed by atoms with E-state index in [0.29, 0.717) is 0 Å². The number of hydrogen-bond donors (Lipinski definition) is 1.